The minimum Gasteiger partial charge on any atom is -0.431 e. The lowest BCUT2D eigenvalue weighted by Gasteiger charge is -2.10. The van der Waals surface area contributed by atoms with Crippen LogP contribution in [0.5, 0.6) is 0 Å². The van der Waals surface area contributed by atoms with Gasteiger partial charge in [-0.2, -0.15) is 0 Å². The number of rotatable bonds is 4. The number of aromatic nitrogens is 1. The zero-order valence-electron chi connectivity index (χ0n) is 12.0. The molecule has 6 nitrogen and oxygen atoms in total. The molecule has 0 radical (unpaired) electrons. The monoisotopic (exact) mass is 319 g/mol. The van der Waals surface area contributed by atoms with Crippen molar-refractivity contribution in [1.29, 1.82) is 0 Å². The minimum atomic E-state index is -0.279. The quantitative estimate of drug-likeness (QED) is 0.667. The van der Waals surface area contributed by atoms with Gasteiger partial charge in [-0.1, -0.05) is 36.7 Å². The maximum absolute atomic E-state index is 11.8. The summed E-state index contributed by atoms with van der Waals surface area (Å²) < 4.78 is 5.51. The first-order valence-electron chi connectivity index (χ1n) is 7.29. The van der Waals surface area contributed by atoms with Crippen molar-refractivity contribution in [2.45, 2.75) is 30.9 Å². The Bertz CT molecular complexity index is 646. The van der Waals surface area contributed by atoms with Gasteiger partial charge in [0.2, 0.25) is 11.8 Å². The van der Waals surface area contributed by atoms with Gasteiger partial charge in [0.1, 0.15) is 5.52 Å². The standard InChI is InChI=1S/C15H17N3O3S/c19-13(17-18-14(20)10-5-1-2-6-10)9-22-15-16-11-7-3-4-8-12(11)21-15/h3-4,7-8,10H,1-2,5-6,9H2,(H,17,19)(H,18,20). The maximum Gasteiger partial charge on any atom is 0.257 e. The second kappa shape index (κ2) is 6.83. The topological polar surface area (TPSA) is 84.2 Å². The highest BCUT2D eigenvalue weighted by Crippen LogP contribution is 2.24. The second-order valence-electron chi connectivity index (χ2n) is 5.25. The Morgan fingerprint density at radius 3 is 2.77 bits per heavy atom. The van der Waals surface area contributed by atoms with Crippen LogP contribution in [0.25, 0.3) is 11.1 Å². The normalized spacial score (nSPS) is 15.1. The van der Waals surface area contributed by atoms with Gasteiger partial charge in [0.15, 0.2) is 5.58 Å². The van der Waals surface area contributed by atoms with Gasteiger partial charge in [0.25, 0.3) is 5.22 Å². The Balaban J connectivity index is 1.44. The summed E-state index contributed by atoms with van der Waals surface area (Å²) in [5.74, 6) is -0.209. The van der Waals surface area contributed by atoms with Crippen LogP contribution in [0.2, 0.25) is 0 Å². The van der Waals surface area contributed by atoms with Gasteiger partial charge >= 0.3 is 0 Å². The molecule has 1 aromatic heterocycles. The molecule has 1 aliphatic rings. The van der Waals surface area contributed by atoms with Crippen molar-refractivity contribution >= 4 is 34.7 Å². The first-order valence-corrected chi connectivity index (χ1v) is 8.28. The molecule has 0 saturated heterocycles. The summed E-state index contributed by atoms with van der Waals surface area (Å²) in [5.41, 5.74) is 6.38. The van der Waals surface area contributed by atoms with Crippen LogP contribution in [0, 0.1) is 5.92 Å². The number of fused-ring (bicyclic) bond motifs is 1. The largest absolute Gasteiger partial charge is 0.431 e. The van der Waals surface area contributed by atoms with E-state index in [4.69, 9.17) is 4.42 Å². The highest BCUT2D eigenvalue weighted by molar-refractivity contribution is 7.99. The van der Waals surface area contributed by atoms with E-state index in [0.717, 1.165) is 31.2 Å². The number of benzene rings is 1. The number of oxazole rings is 1. The van der Waals surface area contributed by atoms with Gasteiger partial charge in [-0.3, -0.25) is 20.4 Å². The molecule has 1 heterocycles. The zero-order valence-corrected chi connectivity index (χ0v) is 12.8. The van der Waals surface area contributed by atoms with E-state index in [0.29, 0.717) is 10.8 Å². The lowest BCUT2D eigenvalue weighted by Crippen LogP contribution is -2.44. The smallest absolute Gasteiger partial charge is 0.257 e. The molecule has 2 N–H and O–H groups in total. The molecule has 0 aliphatic heterocycles. The number of para-hydroxylation sites is 2. The molecule has 1 aromatic carbocycles. The van der Waals surface area contributed by atoms with Crippen molar-refractivity contribution in [1.82, 2.24) is 15.8 Å². The predicted octanol–water partition coefficient (Wildman–Crippen LogP) is 2.26. The van der Waals surface area contributed by atoms with Crippen molar-refractivity contribution in [3.8, 4) is 0 Å². The number of amides is 2. The Morgan fingerprint density at radius 1 is 1.23 bits per heavy atom. The summed E-state index contributed by atoms with van der Waals surface area (Å²) in [6.07, 6.45) is 3.97. The maximum atomic E-state index is 11.8. The fraction of sp³-hybridized carbons (Fsp3) is 0.400. The summed E-state index contributed by atoms with van der Waals surface area (Å²) in [6, 6.07) is 7.43. The molecule has 0 atom stereocenters. The van der Waals surface area contributed by atoms with Crippen molar-refractivity contribution in [3.63, 3.8) is 0 Å². The van der Waals surface area contributed by atoms with E-state index in [9.17, 15) is 9.59 Å². The van der Waals surface area contributed by atoms with Crippen LogP contribution in [0.1, 0.15) is 25.7 Å². The molecule has 3 rings (SSSR count). The molecule has 2 amide bonds. The number of carbonyl (C=O) groups is 2. The van der Waals surface area contributed by atoms with Gasteiger partial charge in [0, 0.05) is 5.92 Å². The Kier molecular flexibility index (Phi) is 4.62. The first kappa shape index (κ1) is 14.9. The van der Waals surface area contributed by atoms with Crippen LogP contribution in [-0.4, -0.2) is 22.6 Å². The van der Waals surface area contributed by atoms with E-state index >= 15 is 0 Å². The fourth-order valence-electron chi connectivity index (χ4n) is 2.50. The van der Waals surface area contributed by atoms with Crippen LogP contribution >= 0.6 is 11.8 Å². The molecule has 1 fully saturated rings. The van der Waals surface area contributed by atoms with Gasteiger partial charge < -0.3 is 4.42 Å². The van der Waals surface area contributed by atoms with Crippen molar-refractivity contribution < 1.29 is 14.0 Å². The Morgan fingerprint density at radius 2 is 2.00 bits per heavy atom. The number of thioether (sulfide) groups is 1. The molecule has 1 saturated carbocycles. The lowest BCUT2D eigenvalue weighted by molar-refractivity contribution is -0.130. The van der Waals surface area contributed by atoms with E-state index < -0.39 is 0 Å². The second-order valence-corrected chi connectivity index (χ2v) is 6.18. The predicted molar refractivity (Wildman–Crippen MR) is 83.0 cm³/mol. The third-order valence-corrected chi connectivity index (χ3v) is 4.48. The van der Waals surface area contributed by atoms with E-state index in [1.54, 1.807) is 0 Å². The van der Waals surface area contributed by atoms with Gasteiger partial charge in [-0.25, -0.2) is 4.98 Å². The molecule has 7 heteroatoms. The van der Waals surface area contributed by atoms with Crippen LogP contribution < -0.4 is 10.9 Å². The number of carbonyl (C=O) groups excluding carboxylic acids is 2. The highest BCUT2D eigenvalue weighted by atomic mass is 32.2. The Hall–Kier alpha value is -2.02. The third kappa shape index (κ3) is 3.59. The number of nitrogens with zero attached hydrogens (tertiary/aromatic N) is 1. The summed E-state index contributed by atoms with van der Waals surface area (Å²) in [4.78, 5) is 27.8. The zero-order chi connectivity index (χ0) is 15.4. The first-order chi connectivity index (χ1) is 10.7. The van der Waals surface area contributed by atoms with Crippen molar-refractivity contribution in [2.24, 2.45) is 5.92 Å². The summed E-state index contributed by atoms with van der Waals surface area (Å²) in [6.45, 7) is 0. The number of hydrogen-bond acceptors (Lipinski definition) is 5. The molecule has 22 heavy (non-hydrogen) atoms. The van der Waals surface area contributed by atoms with Crippen molar-refractivity contribution in [3.05, 3.63) is 24.3 Å². The molecule has 2 aromatic rings. The van der Waals surface area contributed by atoms with E-state index in [-0.39, 0.29) is 23.5 Å². The molecule has 0 unspecified atom stereocenters. The van der Waals surface area contributed by atoms with E-state index in [1.165, 1.54) is 11.8 Å². The average molecular weight is 319 g/mol. The summed E-state index contributed by atoms with van der Waals surface area (Å²) in [7, 11) is 0. The molecular formula is C15H17N3O3S. The van der Waals surface area contributed by atoms with Gasteiger partial charge in [-0.05, 0) is 25.0 Å². The Labute approximate surface area is 132 Å². The van der Waals surface area contributed by atoms with Crippen LogP contribution in [0.15, 0.2) is 33.9 Å². The number of hydrogen-bond donors (Lipinski definition) is 2. The molecule has 0 spiro atoms. The SMILES string of the molecule is O=C(CSc1nc2ccccc2o1)NNC(=O)C1CCCC1. The van der Waals surface area contributed by atoms with Crippen LogP contribution in [0.4, 0.5) is 0 Å². The molecule has 116 valence electrons. The van der Waals surface area contributed by atoms with Crippen LogP contribution in [-0.2, 0) is 9.59 Å². The lowest BCUT2D eigenvalue weighted by atomic mass is 10.1. The van der Waals surface area contributed by atoms with Gasteiger partial charge in [-0.15, -0.1) is 0 Å². The molecule has 0 bridgehead atoms. The third-order valence-electron chi connectivity index (χ3n) is 3.65. The average Bonchev–Trinajstić information content (AvgIpc) is 3.19. The highest BCUT2D eigenvalue weighted by Gasteiger charge is 2.22. The van der Waals surface area contributed by atoms with Crippen LogP contribution in [0.3, 0.4) is 0 Å². The van der Waals surface area contributed by atoms with Gasteiger partial charge in [0.05, 0.1) is 5.75 Å². The van der Waals surface area contributed by atoms with E-state index in [1.807, 2.05) is 24.3 Å². The number of nitrogens with one attached hydrogen (secondary N) is 2. The molecule has 1 aliphatic carbocycles. The van der Waals surface area contributed by atoms with Crippen molar-refractivity contribution in [2.75, 3.05) is 5.75 Å². The van der Waals surface area contributed by atoms with E-state index in [2.05, 4.69) is 15.8 Å². The fourth-order valence-corrected chi connectivity index (χ4v) is 3.14. The molecular weight excluding hydrogens is 302 g/mol. The minimum absolute atomic E-state index is 0.0324. The number of hydrazine groups is 1. The summed E-state index contributed by atoms with van der Waals surface area (Å²) >= 11 is 1.20. The summed E-state index contributed by atoms with van der Waals surface area (Å²) in [5, 5.41) is 0.443.